The molecule has 0 radical (unpaired) electrons. The highest BCUT2D eigenvalue weighted by atomic mass is 16.5. The molecule has 144 valence electrons. The fourth-order valence-corrected chi connectivity index (χ4v) is 2.91. The highest BCUT2D eigenvalue weighted by Gasteiger charge is 2.14. The van der Waals surface area contributed by atoms with Crippen molar-refractivity contribution in [2.75, 3.05) is 25.2 Å². The lowest BCUT2D eigenvalue weighted by Crippen LogP contribution is -2.26. The largest absolute Gasteiger partial charge is 0.385 e. The predicted molar refractivity (Wildman–Crippen MR) is 112 cm³/mol. The number of rotatable bonds is 9. The Morgan fingerprint density at radius 1 is 1.04 bits per heavy atom. The van der Waals surface area contributed by atoms with E-state index in [9.17, 15) is 4.79 Å². The Morgan fingerprint density at radius 3 is 2.46 bits per heavy atom. The van der Waals surface area contributed by atoms with E-state index in [1.807, 2.05) is 54.6 Å². The van der Waals surface area contributed by atoms with E-state index >= 15 is 0 Å². The van der Waals surface area contributed by atoms with Crippen molar-refractivity contribution >= 4 is 17.4 Å². The SMILES string of the molecule is COCCCNC(=O)c1ccnc(N(Cc2ccccc2)c2ccccc2)c1. The molecule has 5 nitrogen and oxygen atoms in total. The third kappa shape index (κ3) is 5.41. The lowest BCUT2D eigenvalue weighted by Gasteiger charge is -2.24. The van der Waals surface area contributed by atoms with E-state index in [0.29, 0.717) is 25.3 Å². The Labute approximate surface area is 166 Å². The van der Waals surface area contributed by atoms with Crippen LogP contribution in [-0.4, -0.2) is 31.2 Å². The molecule has 1 N–H and O–H groups in total. The van der Waals surface area contributed by atoms with E-state index in [1.54, 1.807) is 19.4 Å². The number of aromatic nitrogens is 1. The second-order valence-electron chi connectivity index (χ2n) is 6.41. The number of amides is 1. The highest BCUT2D eigenvalue weighted by Crippen LogP contribution is 2.26. The van der Waals surface area contributed by atoms with Gasteiger partial charge in [0.25, 0.3) is 5.91 Å². The van der Waals surface area contributed by atoms with Crippen molar-refractivity contribution in [3.63, 3.8) is 0 Å². The molecule has 0 aliphatic rings. The van der Waals surface area contributed by atoms with Gasteiger partial charge in [0.2, 0.25) is 0 Å². The Morgan fingerprint density at radius 2 is 1.75 bits per heavy atom. The molecule has 1 amide bonds. The van der Waals surface area contributed by atoms with Gasteiger partial charge in [-0.1, -0.05) is 48.5 Å². The number of carbonyl (C=O) groups excluding carboxylic acids is 1. The summed E-state index contributed by atoms with van der Waals surface area (Å²) in [5.74, 6) is 0.632. The average molecular weight is 375 g/mol. The molecule has 28 heavy (non-hydrogen) atoms. The van der Waals surface area contributed by atoms with Gasteiger partial charge in [0, 0.05) is 44.3 Å². The zero-order chi connectivity index (χ0) is 19.6. The lowest BCUT2D eigenvalue weighted by atomic mass is 10.1. The predicted octanol–water partition coefficient (Wildman–Crippen LogP) is 4.19. The average Bonchev–Trinajstić information content (AvgIpc) is 2.76. The second-order valence-corrected chi connectivity index (χ2v) is 6.41. The first-order valence-electron chi connectivity index (χ1n) is 9.37. The van der Waals surface area contributed by atoms with Crippen LogP contribution in [0.15, 0.2) is 79.0 Å². The molecular weight excluding hydrogens is 350 g/mol. The molecule has 3 aromatic rings. The maximum absolute atomic E-state index is 12.5. The van der Waals surface area contributed by atoms with Crippen molar-refractivity contribution in [2.24, 2.45) is 0 Å². The van der Waals surface area contributed by atoms with Crippen LogP contribution in [0.1, 0.15) is 22.3 Å². The normalized spacial score (nSPS) is 10.5. The Hall–Kier alpha value is -3.18. The number of methoxy groups -OCH3 is 1. The van der Waals surface area contributed by atoms with E-state index in [-0.39, 0.29) is 5.91 Å². The van der Waals surface area contributed by atoms with E-state index in [0.717, 1.165) is 17.9 Å². The molecule has 1 aromatic heterocycles. The molecule has 3 rings (SSSR count). The van der Waals surface area contributed by atoms with Gasteiger partial charge in [-0.3, -0.25) is 4.79 Å². The van der Waals surface area contributed by atoms with Crippen LogP contribution in [0.5, 0.6) is 0 Å². The van der Waals surface area contributed by atoms with Crippen LogP contribution in [0.3, 0.4) is 0 Å². The van der Waals surface area contributed by atoms with Gasteiger partial charge < -0.3 is 15.0 Å². The van der Waals surface area contributed by atoms with Crippen molar-refractivity contribution in [1.29, 1.82) is 0 Å². The molecule has 0 saturated carbocycles. The molecule has 0 fully saturated rings. The third-order valence-electron chi connectivity index (χ3n) is 4.35. The summed E-state index contributed by atoms with van der Waals surface area (Å²) in [6.45, 7) is 1.87. The first-order chi connectivity index (χ1) is 13.8. The summed E-state index contributed by atoms with van der Waals surface area (Å²) in [6.07, 6.45) is 2.46. The molecule has 0 aliphatic carbocycles. The fraction of sp³-hybridized carbons (Fsp3) is 0.217. The number of para-hydroxylation sites is 1. The summed E-state index contributed by atoms with van der Waals surface area (Å²) in [6, 6.07) is 23.9. The summed E-state index contributed by atoms with van der Waals surface area (Å²) < 4.78 is 5.02. The number of carbonyl (C=O) groups is 1. The van der Waals surface area contributed by atoms with E-state index in [1.165, 1.54) is 5.56 Å². The second kappa shape index (κ2) is 10.2. The van der Waals surface area contributed by atoms with Crippen molar-refractivity contribution in [1.82, 2.24) is 10.3 Å². The van der Waals surface area contributed by atoms with Crippen LogP contribution in [0, 0.1) is 0 Å². The van der Waals surface area contributed by atoms with Crippen molar-refractivity contribution in [2.45, 2.75) is 13.0 Å². The van der Waals surface area contributed by atoms with Gasteiger partial charge in [-0.2, -0.15) is 0 Å². The Bertz CT molecular complexity index is 869. The molecule has 1 heterocycles. The Balaban J connectivity index is 1.83. The summed E-state index contributed by atoms with van der Waals surface area (Å²) in [4.78, 5) is 19.1. The number of benzene rings is 2. The maximum Gasteiger partial charge on any atom is 0.251 e. The number of nitrogens with zero attached hydrogens (tertiary/aromatic N) is 2. The summed E-state index contributed by atoms with van der Waals surface area (Å²) in [5, 5.41) is 2.92. The molecule has 0 saturated heterocycles. The van der Waals surface area contributed by atoms with E-state index in [4.69, 9.17) is 4.74 Å². The lowest BCUT2D eigenvalue weighted by molar-refractivity contribution is 0.0948. The zero-order valence-electron chi connectivity index (χ0n) is 16.0. The molecule has 0 bridgehead atoms. The molecule has 2 aromatic carbocycles. The molecule has 0 aliphatic heterocycles. The number of hydrogen-bond donors (Lipinski definition) is 1. The van der Waals surface area contributed by atoms with Gasteiger partial charge in [0.05, 0.1) is 0 Å². The first kappa shape index (κ1) is 19.6. The molecule has 5 heteroatoms. The van der Waals surface area contributed by atoms with Gasteiger partial charge in [-0.05, 0) is 36.2 Å². The topological polar surface area (TPSA) is 54.5 Å². The summed E-state index contributed by atoms with van der Waals surface area (Å²) in [7, 11) is 1.65. The van der Waals surface area contributed by atoms with Crippen LogP contribution in [0.4, 0.5) is 11.5 Å². The number of pyridine rings is 1. The fourth-order valence-electron chi connectivity index (χ4n) is 2.91. The van der Waals surface area contributed by atoms with Gasteiger partial charge in [0.1, 0.15) is 5.82 Å². The van der Waals surface area contributed by atoms with Crippen LogP contribution in [-0.2, 0) is 11.3 Å². The van der Waals surface area contributed by atoms with Gasteiger partial charge in [-0.15, -0.1) is 0 Å². The van der Waals surface area contributed by atoms with Crippen LogP contribution in [0.25, 0.3) is 0 Å². The minimum Gasteiger partial charge on any atom is -0.385 e. The first-order valence-corrected chi connectivity index (χ1v) is 9.37. The van der Waals surface area contributed by atoms with E-state index in [2.05, 4.69) is 27.3 Å². The zero-order valence-corrected chi connectivity index (χ0v) is 16.0. The summed E-state index contributed by atoms with van der Waals surface area (Å²) in [5.41, 5.74) is 2.79. The monoisotopic (exact) mass is 375 g/mol. The molecule has 0 spiro atoms. The Kier molecular flexibility index (Phi) is 7.15. The molecular formula is C23H25N3O2. The van der Waals surface area contributed by atoms with Gasteiger partial charge in [0.15, 0.2) is 0 Å². The van der Waals surface area contributed by atoms with Crippen molar-refractivity contribution in [3.05, 3.63) is 90.1 Å². The van der Waals surface area contributed by atoms with Gasteiger partial charge >= 0.3 is 0 Å². The summed E-state index contributed by atoms with van der Waals surface area (Å²) >= 11 is 0. The molecule has 0 unspecified atom stereocenters. The minimum absolute atomic E-state index is 0.104. The number of hydrogen-bond acceptors (Lipinski definition) is 4. The highest BCUT2D eigenvalue weighted by molar-refractivity contribution is 5.95. The standard InChI is InChI=1S/C23H25N3O2/c1-28-16-8-14-25-23(27)20-13-15-24-22(17-20)26(21-11-6-3-7-12-21)18-19-9-4-2-5-10-19/h2-7,9-13,15,17H,8,14,16,18H2,1H3,(H,25,27). The minimum atomic E-state index is -0.104. The van der Waals surface area contributed by atoms with Crippen LogP contribution < -0.4 is 10.2 Å². The van der Waals surface area contributed by atoms with Crippen LogP contribution in [0.2, 0.25) is 0 Å². The van der Waals surface area contributed by atoms with Crippen molar-refractivity contribution < 1.29 is 9.53 Å². The quantitative estimate of drug-likeness (QED) is 0.570. The molecule has 0 atom stereocenters. The number of ether oxygens (including phenoxy) is 1. The number of anilines is 2. The van der Waals surface area contributed by atoms with Gasteiger partial charge in [-0.25, -0.2) is 4.98 Å². The maximum atomic E-state index is 12.5. The third-order valence-corrected chi connectivity index (χ3v) is 4.35. The van der Waals surface area contributed by atoms with Crippen molar-refractivity contribution in [3.8, 4) is 0 Å². The smallest absolute Gasteiger partial charge is 0.251 e. The number of nitrogens with one attached hydrogen (secondary N) is 1. The van der Waals surface area contributed by atoms with Crippen LogP contribution >= 0.6 is 0 Å². The van der Waals surface area contributed by atoms with E-state index < -0.39 is 0 Å².